The van der Waals surface area contributed by atoms with E-state index in [-0.39, 0.29) is 0 Å². The van der Waals surface area contributed by atoms with Gasteiger partial charge in [-0.2, -0.15) is 0 Å². The third kappa shape index (κ3) is 4.49. The Balaban J connectivity index is 1.43. The van der Waals surface area contributed by atoms with Crippen molar-refractivity contribution in [2.45, 2.75) is 13.3 Å². The van der Waals surface area contributed by atoms with Gasteiger partial charge in [0.15, 0.2) is 0 Å². The first-order valence-corrected chi connectivity index (χ1v) is 10.1. The molecular weight excluding hydrogens is 376 g/mol. The van der Waals surface area contributed by atoms with Crippen molar-refractivity contribution in [2.75, 3.05) is 30.9 Å². The maximum absolute atomic E-state index is 5.86. The molecule has 6 nitrogen and oxygen atoms in total. The van der Waals surface area contributed by atoms with E-state index in [4.69, 9.17) is 9.47 Å². The van der Waals surface area contributed by atoms with Gasteiger partial charge in [-0.25, -0.2) is 0 Å². The topological polar surface area (TPSA) is 71.2 Å². The van der Waals surface area contributed by atoms with Gasteiger partial charge in [-0.3, -0.25) is 4.98 Å². The van der Waals surface area contributed by atoms with E-state index in [1.165, 1.54) is 10.9 Å². The lowest BCUT2D eigenvalue weighted by atomic mass is 10.1. The first-order chi connectivity index (χ1) is 14.8. The summed E-state index contributed by atoms with van der Waals surface area (Å²) in [4.78, 5) is 7.38. The van der Waals surface area contributed by atoms with Crippen LogP contribution >= 0.6 is 0 Å². The van der Waals surface area contributed by atoms with Gasteiger partial charge >= 0.3 is 0 Å². The fourth-order valence-corrected chi connectivity index (χ4v) is 3.45. The van der Waals surface area contributed by atoms with Crippen LogP contribution in [0.25, 0.3) is 10.9 Å². The highest BCUT2D eigenvalue weighted by atomic mass is 16.5. The van der Waals surface area contributed by atoms with Crippen LogP contribution in [0.1, 0.15) is 12.5 Å². The van der Waals surface area contributed by atoms with Crippen molar-refractivity contribution >= 4 is 28.0 Å². The second-order valence-corrected chi connectivity index (χ2v) is 6.91. The average molecular weight is 402 g/mol. The number of aromatic amines is 1. The summed E-state index contributed by atoms with van der Waals surface area (Å²) in [5, 5.41) is 8.11. The second kappa shape index (κ2) is 9.22. The van der Waals surface area contributed by atoms with Crippen LogP contribution in [-0.4, -0.2) is 30.2 Å². The number of H-pyrrole nitrogens is 1. The number of hydrogen-bond acceptors (Lipinski definition) is 5. The van der Waals surface area contributed by atoms with Crippen molar-refractivity contribution in [3.8, 4) is 11.5 Å². The Morgan fingerprint density at radius 1 is 1.00 bits per heavy atom. The van der Waals surface area contributed by atoms with Crippen molar-refractivity contribution in [1.29, 1.82) is 0 Å². The van der Waals surface area contributed by atoms with Gasteiger partial charge in [0.1, 0.15) is 11.5 Å². The largest absolute Gasteiger partial charge is 0.497 e. The van der Waals surface area contributed by atoms with Crippen molar-refractivity contribution in [3.63, 3.8) is 0 Å². The predicted molar refractivity (Wildman–Crippen MR) is 122 cm³/mol. The van der Waals surface area contributed by atoms with Gasteiger partial charge in [-0.1, -0.05) is 0 Å². The smallest absolute Gasteiger partial charge is 0.144 e. The molecule has 0 spiro atoms. The third-order valence-corrected chi connectivity index (χ3v) is 4.93. The zero-order chi connectivity index (χ0) is 20.8. The van der Waals surface area contributed by atoms with Crippen LogP contribution < -0.4 is 20.1 Å². The number of rotatable bonds is 9. The molecule has 0 radical (unpaired) electrons. The summed E-state index contributed by atoms with van der Waals surface area (Å²) in [5.74, 6) is 1.69. The van der Waals surface area contributed by atoms with Crippen LogP contribution in [-0.2, 0) is 6.42 Å². The molecule has 2 aromatic heterocycles. The highest BCUT2D eigenvalue weighted by Crippen LogP contribution is 2.30. The molecule has 2 heterocycles. The number of anilines is 3. The standard InChI is InChI=1S/C24H26N4O2/c1-3-30-24-14-19(28-18-9-11-25-12-10-18)4-7-22(24)26-13-8-17-16-27-23-15-20(29-2)5-6-21(17)23/h4-7,9-12,14-16,26-27H,3,8,13H2,1-2H3,(H,25,28). The van der Waals surface area contributed by atoms with E-state index in [0.717, 1.165) is 47.0 Å². The minimum Gasteiger partial charge on any atom is -0.497 e. The van der Waals surface area contributed by atoms with E-state index in [9.17, 15) is 0 Å². The second-order valence-electron chi connectivity index (χ2n) is 6.91. The van der Waals surface area contributed by atoms with Gasteiger partial charge in [0.05, 0.1) is 19.4 Å². The number of ether oxygens (including phenoxy) is 2. The molecule has 3 N–H and O–H groups in total. The number of benzene rings is 2. The Kier molecular flexibility index (Phi) is 6.03. The predicted octanol–water partition coefficient (Wildman–Crippen LogP) is 5.37. The van der Waals surface area contributed by atoms with Crippen LogP contribution in [0.5, 0.6) is 11.5 Å². The molecule has 0 aliphatic rings. The first-order valence-electron chi connectivity index (χ1n) is 10.1. The van der Waals surface area contributed by atoms with E-state index >= 15 is 0 Å². The average Bonchev–Trinajstić information content (AvgIpc) is 3.18. The van der Waals surface area contributed by atoms with Crippen LogP contribution in [0.2, 0.25) is 0 Å². The van der Waals surface area contributed by atoms with E-state index in [1.807, 2.05) is 43.3 Å². The quantitative estimate of drug-likeness (QED) is 0.351. The van der Waals surface area contributed by atoms with Crippen LogP contribution in [0, 0.1) is 0 Å². The van der Waals surface area contributed by atoms with Crippen molar-refractivity contribution in [3.05, 3.63) is 72.7 Å². The lowest BCUT2D eigenvalue weighted by Crippen LogP contribution is -2.07. The molecule has 0 saturated heterocycles. The maximum Gasteiger partial charge on any atom is 0.144 e. The number of methoxy groups -OCH3 is 1. The number of aromatic nitrogens is 2. The minimum absolute atomic E-state index is 0.609. The van der Waals surface area contributed by atoms with Crippen LogP contribution in [0.3, 0.4) is 0 Å². The molecule has 4 aromatic rings. The molecule has 0 atom stereocenters. The van der Waals surface area contributed by atoms with Crippen molar-refractivity contribution < 1.29 is 9.47 Å². The Morgan fingerprint density at radius 2 is 1.87 bits per heavy atom. The molecule has 30 heavy (non-hydrogen) atoms. The van der Waals surface area contributed by atoms with Gasteiger partial charge in [0, 0.05) is 59.5 Å². The monoisotopic (exact) mass is 402 g/mol. The lowest BCUT2D eigenvalue weighted by molar-refractivity contribution is 0.342. The summed E-state index contributed by atoms with van der Waals surface area (Å²) in [6.07, 6.45) is 6.50. The summed E-state index contributed by atoms with van der Waals surface area (Å²) in [6, 6.07) is 16.1. The van der Waals surface area contributed by atoms with Crippen LogP contribution in [0.4, 0.5) is 17.1 Å². The Morgan fingerprint density at radius 3 is 2.67 bits per heavy atom. The molecule has 4 rings (SSSR count). The van der Waals surface area contributed by atoms with E-state index in [1.54, 1.807) is 19.5 Å². The third-order valence-electron chi connectivity index (χ3n) is 4.93. The summed E-state index contributed by atoms with van der Waals surface area (Å²) in [6.45, 7) is 3.40. The molecule has 0 saturated carbocycles. The number of nitrogens with zero attached hydrogens (tertiary/aromatic N) is 1. The first kappa shape index (κ1) is 19.6. The fourth-order valence-electron chi connectivity index (χ4n) is 3.45. The summed E-state index contributed by atoms with van der Waals surface area (Å²) >= 11 is 0. The Bertz CT molecular complexity index is 1110. The van der Waals surface area contributed by atoms with Gasteiger partial charge in [-0.05, 0) is 55.3 Å². The van der Waals surface area contributed by atoms with Gasteiger partial charge in [0.2, 0.25) is 0 Å². The number of nitrogens with one attached hydrogen (secondary N) is 3. The highest BCUT2D eigenvalue weighted by Gasteiger charge is 2.08. The highest BCUT2D eigenvalue weighted by molar-refractivity contribution is 5.84. The summed E-state index contributed by atoms with van der Waals surface area (Å²) < 4.78 is 11.2. The minimum atomic E-state index is 0.609. The fraction of sp³-hybridized carbons (Fsp3) is 0.208. The van der Waals surface area contributed by atoms with E-state index in [0.29, 0.717) is 6.61 Å². The molecule has 0 bridgehead atoms. The number of fused-ring (bicyclic) bond motifs is 1. The normalized spacial score (nSPS) is 10.7. The van der Waals surface area contributed by atoms with E-state index < -0.39 is 0 Å². The molecule has 0 unspecified atom stereocenters. The number of pyridine rings is 1. The maximum atomic E-state index is 5.86. The van der Waals surface area contributed by atoms with Gasteiger partial charge < -0.3 is 25.1 Å². The zero-order valence-electron chi connectivity index (χ0n) is 17.2. The molecule has 6 heteroatoms. The molecule has 0 aliphatic carbocycles. The van der Waals surface area contributed by atoms with Gasteiger partial charge in [0.25, 0.3) is 0 Å². The molecule has 0 fully saturated rings. The molecule has 0 amide bonds. The van der Waals surface area contributed by atoms with Crippen molar-refractivity contribution in [2.24, 2.45) is 0 Å². The molecular formula is C24H26N4O2. The molecule has 154 valence electrons. The number of hydrogen-bond donors (Lipinski definition) is 3. The lowest BCUT2D eigenvalue weighted by Gasteiger charge is -2.15. The zero-order valence-corrected chi connectivity index (χ0v) is 17.2. The Labute approximate surface area is 176 Å². The van der Waals surface area contributed by atoms with E-state index in [2.05, 4.69) is 38.9 Å². The summed E-state index contributed by atoms with van der Waals surface area (Å²) in [5.41, 5.74) is 5.31. The summed E-state index contributed by atoms with van der Waals surface area (Å²) in [7, 11) is 1.68. The van der Waals surface area contributed by atoms with Crippen LogP contribution in [0.15, 0.2) is 67.1 Å². The Hall–Kier alpha value is -3.67. The van der Waals surface area contributed by atoms with Gasteiger partial charge in [-0.15, -0.1) is 0 Å². The molecule has 2 aromatic carbocycles. The molecule has 0 aliphatic heterocycles. The SMILES string of the molecule is CCOc1cc(Nc2ccncc2)ccc1NCCc1c[nH]c2cc(OC)ccc12. The van der Waals surface area contributed by atoms with Crippen molar-refractivity contribution in [1.82, 2.24) is 9.97 Å².